The zero-order chi connectivity index (χ0) is 16.3. The van der Waals surface area contributed by atoms with Crippen LogP contribution < -0.4 is 4.90 Å². The molecule has 2 heterocycles. The summed E-state index contributed by atoms with van der Waals surface area (Å²) in [6, 6.07) is 10.5. The molecule has 1 saturated heterocycles. The number of nitrogens with zero attached hydrogens (tertiary/aromatic N) is 3. The van der Waals surface area contributed by atoms with E-state index in [0.717, 1.165) is 49.4 Å². The number of piperidine rings is 1. The Morgan fingerprint density at radius 3 is 2.61 bits per heavy atom. The van der Waals surface area contributed by atoms with Gasteiger partial charge in [0.2, 0.25) is 0 Å². The number of rotatable bonds is 4. The highest BCUT2D eigenvalue weighted by Gasteiger charge is 2.35. The Morgan fingerprint density at radius 1 is 1.17 bits per heavy atom. The summed E-state index contributed by atoms with van der Waals surface area (Å²) >= 11 is 0. The molecule has 4 nitrogen and oxygen atoms in total. The molecule has 1 aliphatic heterocycles. The molecule has 0 saturated carbocycles. The maximum Gasteiger partial charge on any atom is 0.151 e. The van der Waals surface area contributed by atoms with E-state index in [4.69, 9.17) is 0 Å². The first kappa shape index (κ1) is 15.9. The molecule has 5 heteroatoms. The van der Waals surface area contributed by atoms with E-state index >= 15 is 0 Å². The van der Waals surface area contributed by atoms with E-state index < -0.39 is 0 Å². The lowest BCUT2D eigenvalue weighted by Crippen LogP contribution is -2.47. The van der Waals surface area contributed by atoms with Crippen molar-refractivity contribution in [1.82, 2.24) is 10.2 Å². The second-order valence-corrected chi connectivity index (χ2v) is 6.52. The second kappa shape index (κ2) is 6.62. The molecular formula is C18H22FN3O. The molecule has 0 unspecified atom stereocenters. The Hall–Kier alpha value is -2.01. The van der Waals surface area contributed by atoms with E-state index in [2.05, 4.69) is 15.1 Å². The SMILES string of the molecule is Cc1ccc(N2CCC[C@](CO)(Cc3ccc(F)cc3)C2)nn1. The highest BCUT2D eigenvalue weighted by Crippen LogP contribution is 2.34. The van der Waals surface area contributed by atoms with Gasteiger partial charge in [-0.15, -0.1) is 5.10 Å². The van der Waals surface area contributed by atoms with E-state index in [0.29, 0.717) is 0 Å². The van der Waals surface area contributed by atoms with E-state index in [1.165, 1.54) is 12.1 Å². The van der Waals surface area contributed by atoms with E-state index in [1.807, 2.05) is 19.1 Å². The maximum absolute atomic E-state index is 13.1. The monoisotopic (exact) mass is 315 g/mol. The lowest BCUT2D eigenvalue weighted by atomic mass is 9.75. The highest BCUT2D eigenvalue weighted by molar-refractivity contribution is 5.38. The summed E-state index contributed by atoms with van der Waals surface area (Å²) in [5.41, 5.74) is 1.73. The molecule has 0 amide bonds. The third kappa shape index (κ3) is 3.67. The van der Waals surface area contributed by atoms with Crippen LogP contribution in [0.3, 0.4) is 0 Å². The number of aliphatic hydroxyl groups is 1. The van der Waals surface area contributed by atoms with Crippen molar-refractivity contribution in [2.24, 2.45) is 5.41 Å². The molecule has 1 aromatic carbocycles. The van der Waals surface area contributed by atoms with Crippen LogP contribution >= 0.6 is 0 Å². The Labute approximate surface area is 136 Å². The minimum Gasteiger partial charge on any atom is -0.396 e. The maximum atomic E-state index is 13.1. The zero-order valence-electron chi connectivity index (χ0n) is 13.4. The van der Waals surface area contributed by atoms with Gasteiger partial charge in [0.25, 0.3) is 0 Å². The van der Waals surface area contributed by atoms with Crippen LogP contribution in [0, 0.1) is 18.2 Å². The fourth-order valence-corrected chi connectivity index (χ4v) is 3.33. The van der Waals surface area contributed by atoms with Gasteiger partial charge in [0.1, 0.15) is 5.82 Å². The van der Waals surface area contributed by atoms with Crippen LogP contribution in [-0.2, 0) is 6.42 Å². The largest absolute Gasteiger partial charge is 0.396 e. The van der Waals surface area contributed by atoms with Crippen LogP contribution in [0.2, 0.25) is 0 Å². The topological polar surface area (TPSA) is 49.2 Å². The predicted molar refractivity (Wildman–Crippen MR) is 87.8 cm³/mol. The van der Waals surface area contributed by atoms with Crippen molar-refractivity contribution in [3.05, 3.63) is 53.5 Å². The molecule has 2 aromatic rings. The van der Waals surface area contributed by atoms with Crippen LogP contribution in [0.15, 0.2) is 36.4 Å². The highest BCUT2D eigenvalue weighted by atomic mass is 19.1. The van der Waals surface area contributed by atoms with Gasteiger partial charge in [-0.1, -0.05) is 12.1 Å². The summed E-state index contributed by atoms with van der Waals surface area (Å²) in [6.45, 7) is 3.68. The van der Waals surface area contributed by atoms with Crippen LogP contribution in [0.4, 0.5) is 10.2 Å². The summed E-state index contributed by atoms with van der Waals surface area (Å²) < 4.78 is 13.1. The molecule has 23 heavy (non-hydrogen) atoms. The average Bonchev–Trinajstić information content (AvgIpc) is 2.58. The van der Waals surface area contributed by atoms with Gasteiger partial charge in [-0.3, -0.25) is 0 Å². The number of aliphatic hydroxyl groups excluding tert-OH is 1. The Balaban J connectivity index is 1.78. The molecule has 0 aliphatic carbocycles. The number of anilines is 1. The second-order valence-electron chi connectivity index (χ2n) is 6.52. The first-order valence-corrected chi connectivity index (χ1v) is 8.01. The van der Waals surface area contributed by atoms with Crippen molar-refractivity contribution in [3.8, 4) is 0 Å². The van der Waals surface area contributed by atoms with Gasteiger partial charge in [0.15, 0.2) is 5.82 Å². The van der Waals surface area contributed by atoms with Gasteiger partial charge in [0.05, 0.1) is 12.3 Å². The van der Waals surface area contributed by atoms with Gasteiger partial charge >= 0.3 is 0 Å². The number of hydrogen-bond acceptors (Lipinski definition) is 4. The normalized spacial score (nSPS) is 21.4. The van der Waals surface area contributed by atoms with Gasteiger partial charge in [-0.05, 0) is 56.0 Å². The molecule has 1 aromatic heterocycles. The lowest BCUT2D eigenvalue weighted by Gasteiger charge is -2.42. The van der Waals surface area contributed by atoms with E-state index in [9.17, 15) is 9.50 Å². The molecule has 0 spiro atoms. The van der Waals surface area contributed by atoms with Crippen LogP contribution in [0.25, 0.3) is 0 Å². The summed E-state index contributed by atoms with van der Waals surface area (Å²) in [5.74, 6) is 0.624. The van der Waals surface area contributed by atoms with Gasteiger partial charge in [0, 0.05) is 18.5 Å². The molecule has 0 radical (unpaired) electrons. The van der Waals surface area contributed by atoms with Crippen molar-refractivity contribution in [3.63, 3.8) is 0 Å². The van der Waals surface area contributed by atoms with Crippen LogP contribution in [-0.4, -0.2) is 35.0 Å². The summed E-state index contributed by atoms with van der Waals surface area (Å²) in [6.07, 6.45) is 2.69. The number of halogens is 1. The fraction of sp³-hybridized carbons (Fsp3) is 0.444. The molecule has 122 valence electrons. The Bertz CT molecular complexity index is 644. The molecular weight excluding hydrogens is 293 g/mol. The van der Waals surface area contributed by atoms with E-state index in [1.54, 1.807) is 12.1 Å². The van der Waals surface area contributed by atoms with Crippen molar-refractivity contribution in [2.45, 2.75) is 26.2 Å². The van der Waals surface area contributed by atoms with Crippen molar-refractivity contribution in [1.29, 1.82) is 0 Å². The fourth-order valence-electron chi connectivity index (χ4n) is 3.33. The Kier molecular flexibility index (Phi) is 4.57. The molecule has 1 fully saturated rings. The van der Waals surface area contributed by atoms with E-state index in [-0.39, 0.29) is 17.8 Å². The zero-order valence-corrected chi connectivity index (χ0v) is 13.4. The Morgan fingerprint density at radius 2 is 1.96 bits per heavy atom. The first-order chi connectivity index (χ1) is 11.1. The summed E-state index contributed by atoms with van der Waals surface area (Å²) in [5, 5.41) is 18.4. The third-order valence-electron chi connectivity index (χ3n) is 4.60. The number of hydrogen-bond donors (Lipinski definition) is 1. The molecule has 1 N–H and O–H groups in total. The molecule has 1 atom stereocenters. The van der Waals surface area contributed by atoms with Crippen molar-refractivity contribution >= 4 is 5.82 Å². The van der Waals surface area contributed by atoms with Gasteiger partial charge in [-0.25, -0.2) is 4.39 Å². The molecule has 1 aliphatic rings. The molecule has 3 rings (SSSR count). The lowest BCUT2D eigenvalue weighted by molar-refractivity contribution is 0.105. The van der Waals surface area contributed by atoms with Crippen molar-refractivity contribution < 1.29 is 9.50 Å². The van der Waals surface area contributed by atoms with Crippen molar-refractivity contribution in [2.75, 3.05) is 24.6 Å². The number of benzene rings is 1. The molecule has 0 bridgehead atoms. The average molecular weight is 315 g/mol. The van der Waals surface area contributed by atoms with Crippen LogP contribution in [0.5, 0.6) is 0 Å². The van der Waals surface area contributed by atoms with Gasteiger partial charge in [-0.2, -0.15) is 5.10 Å². The summed E-state index contributed by atoms with van der Waals surface area (Å²) in [7, 11) is 0. The number of aryl methyl sites for hydroxylation is 1. The minimum atomic E-state index is -0.230. The summed E-state index contributed by atoms with van der Waals surface area (Å²) in [4.78, 5) is 2.19. The standard InChI is InChI=1S/C18H22FN3O/c1-14-3-8-17(21-20-14)22-10-2-9-18(12-22,13-23)11-15-4-6-16(19)7-5-15/h3-8,23H,2,9-13H2,1H3/t18-/m0/s1. The quantitative estimate of drug-likeness (QED) is 0.942. The third-order valence-corrected chi connectivity index (χ3v) is 4.60. The van der Waals surface area contributed by atoms with Gasteiger partial charge < -0.3 is 10.0 Å². The smallest absolute Gasteiger partial charge is 0.151 e. The predicted octanol–water partition coefficient (Wildman–Crippen LogP) is 2.75. The van der Waals surface area contributed by atoms with Crippen LogP contribution in [0.1, 0.15) is 24.1 Å². The minimum absolute atomic E-state index is 0.111. The number of aromatic nitrogens is 2. The first-order valence-electron chi connectivity index (χ1n) is 8.01.